The van der Waals surface area contributed by atoms with Crippen LogP contribution in [0.15, 0.2) is 42.0 Å². The molecule has 4 saturated carbocycles. The lowest BCUT2D eigenvalue weighted by molar-refractivity contribution is -0.219. The number of fused-ring (bicyclic) bond motifs is 7. The number of Topliss-reactive ketones (excluding diaryl/α,β-unsaturated/α-hetero) is 1. The normalized spacial score (nSPS) is 44.5. The molecule has 4 fully saturated rings. The van der Waals surface area contributed by atoms with E-state index >= 15 is 0 Å². The minimum absolute atomic E-state index is 0.00286. The number of carbonyl (C=O) groups is 2. The molecule has 1 aromatic carbocycles. The maximum atomic E-state index is 14.2. The van der Waals surface area contributed by atoms with Gasteiger partial charge in [0.25, 0.3) is 0 Å². The Hall–Kier alpha value is -1.94. The summed E-state index contributed by atoms with van der Waals surface area (Å²) in [5.41, 5.74) is 2.06. The highest BCUT2D eigenvalue weighted by molar-refractivity contribution is 5.79. The number of benzene rings is 1. The van der Waals surface area contributed by atoms with Gasteiger partial charge in [-0.1, -0.05) is 90.4 Å². The number of aliphatic hydroxyl groups is 1. The van der Waals surface area contributed by atoms with E-state index < -0.39 is 11.5 Å². The van der Waals surface area contributed by atoms with E-state index in [1.165, 1.54) is 5.57 Å². The Labute approximate surface area is 260 Å². The fourth-order valence-corrected chi connectivity index (χ4v) is 12.0. The number of hydrogen-bond donors (Lipinski definition) is 1. The Morgan fingerprint density at radius 3 is 2.23 bits per heavy atom. The summed E-state index contributed by atoms with van der Waals surface area (Å²) < 4.78 is 6.17. The van der Waals surface area contributed by atoms with Crippen LogP contribution in [0.5, 0.6) is 0 Å². The van der Waals surface area contributed by atoms with Crippen molar-refractivity contribution in [3.63, 3.8) is 0 Å². The lowest BCUT2D eigenvalue weighted by Gasteiger charge is -2.71. The van der Waals surface area contributed by atoms with Crippen molar-refractivity contribution < 1.29 is 19.4 Å². The van der Waals surface area contributed by atoms with Gasteiger partial charge in [-0.25, -0.2) is 0 Å². The van der Waals surface area contributed by atoms with E-state index in [0.29, 0.717) is 18.4 Å². The second-order valence-electron chi connectivity index (χ2n) is 17.6. The minimum atomic E-state index is -0.584. The van der Waals surface area contributed by atoms with E-state index in [1.54, 1.807) is 6.92 Å². The van der Waals surface area contributed by atoms with Gasteiger partial charge in [-0.05, 0) is 115 Å². The molecule has 5 aliphatic rings. The standard InChI is InChI=1S/C39H56O4/c1-25(40)27-22-36(6)30(35(4,5)32(27)41)16-17-38(8)31(36)15-14-28-29-23-34(2,3)18-20-39(29,21-19-37(28,38)7)33(42)43-24-26-12-10-9-11-13-26/h9-14,27,29-32,41H,15-24H2,1-8H3/t27-,29-,30-,31+,32-,36-,37+,38+,39-/m0/s1. The van der Waals surface area contributed by atoms with Gasteiger partial charge in [0, 0.05) is 5.92 Å². The maximum Gasteiger partial charge on any atom is 0.313 e. The summed E-state index contributed by atoms with van der Waals surface area (Å²) in [6.07, 6.45) is 10.9. The first kappa shape index (κ1) is 31.1. The summed E-state index contributed by atoms with van der Waals surface area (Å²) >= 11 is 0. The van der Waals surface area contributed by atoms with Crippen molar-refractivity contribution in [2.24, 2.45) is 56.2 Å². The number of esters is 1. The van der Waals surface area contributed by atoms with Gasteiger partial charge < -0.3 is 9.84 Å². The van der Waals surface area contributed by atoms with Crippen LogP contribution in [0, 0.1) is 56.2 Å². The number of ketones is 1. The highest BCUT2D eigenvalue weighted by Gasteiger charge is 2.70. The molecular formula is C39H56O4. The van der Waals surface area contributed by atoms with Gasteiger partial charge in [0.1, 0.15) is 12.4 Å². The molecule has 0 saturated heterocycles. The summed E-state index contributed by atoms with van der Waals surface area (Å²) in [5, 5.41) is 11.4. The zero-order chi connectivity index (χ0) is 31.2. The van der Waals surface area contributed by atoms with Crippen molar-refractivity contribution in [1.29, 1.82) is 0 Å². The average molecular weight is 589 g/mol. The van der Waals surface area contributed by atoms with Gasteiger partial charge in [-0.3, -0.25) is 9.59 Å². The molecule has 1 aromatic rings. The molecule has 1 N–H and O–H groups in total. The predicted octanol–water partition coefficient (Wildman–Crippen LogP) is 8.71. The number of ether oxygens (including phenoxy) is 1. The van der Waals surface area contributed by atoms with Gasteiger partial charge in [0.15, 0.2) is 0 Å². The smallest absolute Gasteiger partial charge is 0.313 e. The third kappa shape index (κ3) is 4.38. The van der Waals surface area contributed by atoms with Crippen molar-refractivity contribution in [2.45, 2.75) is 126 Å². The molecule has 0 radical (unpaired) electrons. The van der Waals surface area contributed by atoms with Gasteiger partial charge in [0.2, 0.25) is 0 Å². The fraction of sp³-hybridized carbons (Fsp3) is 0.744. The zero-order valence-corrected chi connectivity index (χ0v) is 28.1. The van der Waals surface area contributed by atoms with E-state index in [1.807, 2.05) is 30.3 Å². The third-order valence-electron chi connectivity index (χ3n) is 14.7. The quantitative estimate of drug-likeness (QED) is 0.282. The zero-order valence-electron chi connectivity index (χ0n) is 28.1. The minimum Gasteiger partial charge on any atom is -0.460 e. The lowest BCUT2D eigenvalue weighted by Crippen LogP contribution is -2.66. The second-order valence-corrected chi connectivity index (χ2v) is 17.6. The predicted molar refractivity (Wildman–Crippen MR) is 171 cm³/mol. The third-order valence-corrected chi connectivity index (χ3v) is 14.7. The number of rotatable bonds is 4. The maximum absolute atomic E-state index is 14.2. The molecule has 0 heterocycles. The number of aliphatic hydroxyl groups excluding tert-OH is 1. The molecule has 4 nitrogen and oxygen atoms in total. The first-order valence-electron chi connectivity index (χ1n) is 17.1. The molecule has 4 heteroatoms. The topological polar surface area (TPSA) is 63.6 Å². The first-order valence-corrected chi connectivity index (χ1v) is 17.1. The van der Waals surface area contributed by atoms with Crippen molar-refractivity contribution >= 4 is 11.8 Å². The number of allylic oxidation sites excluding steroid dienone is 2. The van der Waals surface area contributed by atoms with Crippen LogP contribution < -0.4 is 0 Å². The summed E-state index contributed by atoms with van der Waals surface area (Å²) in [6.45, 7) is 18.8. The van der Waals surface area contributed by atoms with Crippen molar-refractivity contribution in [3.05, 3.63) is 47.5 Å². The van der Waals surface area contributed by atoms with Gasteiger partial charge in [0.05, 0.1) is 11.5 Å². The molecule has 236 valence electrons. The summed E-state index contributed by atoms with van der Waals surface area (Å²) in [5.74, 6) is 0.869. The average Bonchev–Trinajstić information content (AvgIpc) is 2.94. The van der Waals surface area contributed by atoms with Gasteiger partial charge in [-0.2, -0.15) is 0 Å². The van der Waals surface area contributed by atoms with Gasteiger partial charge in [-0.15, -0.1) is 0 Å². The van der Waals surface area contributed by atoms with Crippen LogP contribution in [-0.2, 0) is 20.9 Å². The Morgan fingerprint density at radius 2 is 1.56 bits per heavy atom. The van der Waals surface area contributed by atoms with Crippen LogP contribution >= 0.6 is 0 Å². The summed E-state index contributed by atoms with van der Waals surface area (Å²) in [4.78, 5) is 27.1. The SMILES string of the molecule is CC(=O)[C@@H]1C[C@]2(C)[C@H]3CC=C4[C@@H]5CC(C)(C)CC[C@]5(C(=O)OCc5ccccc5)CC[C@@]4(C)[C@]3(C)CC[C@H]2C(C)(C)[C@H]1O. The first-order chi connectivity index (χ1) is 20.0. The van der Waals surface area contributed by atoms with Crippen molar-refractivity contribution in [2.75, 3.05) is 0 Å². The molecule has 0 aromatic heterocycles. The molecule has 0 amide bonds. The number of carbonyl (C=O) groups excluding carboxylic acids is 2. The van der Waals surface area contributed by atoms with E-state index in [-0.39, 0.29) is 50.7 Å². The molecular weight excluding hydrogens is 532 g/mol. The van der Waals surface area contributed by atoms with Crippen LogP contribution in [0.25, 0.3) is 0 Å². The Morgan fingerprint density at radius 1 is 0.884 bits per heavy atom. The molecule has 6 rings (SSSR count). The molecule has 9 atom stereocenters. The molecule has 0 aliphatic heterocycles. The number of hydrogen-bond acceptors (Lipinski definition) is 4. The van der Waals surface area contributed by atoms with Crippen molar-refractivity contribution in [3.8, 4) is 0 Å². The molecule has 43 heavy (non-hydrogen) atoms. The fourth-order valence-electron chi connectivity index (χ4n) is 12.0. The highest BCUT2D eigenvalue weighted by atomic mass is 16.5. The monoisotopic (exact) mass is 588 g/mol. The Bertz CT molecular complexity index is 1310. The van der Waals surface area contributed by atoms with E-state index in [9.17, 15) is 14.7 Å². The van der Waals surface area contributed by atoms with E-state index in [4.69, 9.17) is 4.74 Å². The molecule has 0 spiro atoms. The second kappa shape index (κ2) is 10.0. The van der Waals surface area contributed by atoms with E-state index in [2.05, 4.69) is 54.5 Å². The van der Waals surface area contributed by atoms with Gasteiger partial charge >= 0.3 is 5.97 Å². The van der Waals surface area contributed by atoms with Crippen LogP contribution in [0.1, 0.15) is 119 Å². The largest absolute Gasteiger partial charge is 0.460 e. The lowest BCUT2D eigenvalue weighted by atomic mass is 9.33. The molecule has 5 aliphatic carbocycles. The Balaban J connectivity index is 1.38. The molecule has 0 unspecified atom stereocenters. The summed E-state index contributed by atoms with van der Waals surface area (Å²) in [6, 6.07) is 10.1. The summed E-state index contributed by atoms with van der Waals surface area (Å²) in [7, 11) is 0. The molecule has 0 bridgehead atoms. The van der Waals surface area contributed by atoms with E-state index in [0.717, 1.165) is 63.4 Å². The van der Waals surface area contributed by atoms with Crippen molar-refractivity contribution in [1.82, 2.24) is 0 Å². The van der Waals surface area contributed by atoms with Crippen LogP contribution in [-0.4, -0.2) is 23.0 Å². The Kier molecular flexibility index (Phi) is 7.25. The van der Waals surface area contributed by atoms with Crippen LogP contribution in [0.3, 0.4) is 0 Å². The van der Waals surface area contributed by atoms with Crippen LogP contribution in [0.4, 0.5) is 0 Å². The van der Waals surface area contributed by atoms with Crippen LogP contribution in [0.2, 0.25) is 0 Å². The highest BCUT2D eigenvalue weighted by Crippen LogP contribution is 2.76.